The second kappa shape index (κ2) is 4.41. The van der Waals surface area contributed by atoms with E-state index >= 15 is 0 Å². The molecule has 0 atom stereocenters. The molecule has 0 aromatic heterocycles. The van der Waals surface area contributed by atoms with Gasteiger partial charge in [0.15, 0.2) is 5.75 Å². The predicted octanol–water partition coefficient (Wildman–Crippen LogP) is 4.42. The summed E-state index contributed by atoms with van der Waals surface area (Å²) in [5.41, 5.74) is 0.0997. The van der Waals surface area contributed by atoms with E-state index in [4.69, 9.17) is 27.9 Å². The minimum absolute atomic E-state index is 0.0997. The van der Waals surface area contributed by atoms with Gasteiger partial charge in [-0.3, -0.25) is 0 Å². The maximum absolute atomic E-state index is 5.95. The van der Waals surface area contributed by atoms with Gasteiger partial charge in [-0.15, -0.1) is 0 Å². The molecule has 0 aliphatic heterocycles. The summed E-state index contributed by atoms with van der Waals surface area (Å²) < 4.78 is 5.57. The summed E-state index contributed by atoms with van der Waals surface area (Å²) >= 11 is 11.9. The van der Waals surface area contributed by atoms with Crippen LogP contribution in [0.2, 0.25) is 10.0 Å². The first-order chi connectivity index (χ1) is 6.40. The lowest BCUT2D eigenvalue weighted by Gasteiger charge is -2.19. The molecular formula is C11H14Cl2O. The number of rotatable bonds is 2. The van der Waals surface area contributed by atoms with E-state index < -0.39 is 0 Å². The van der Waals surface area contributed by atoms with Crippen molar-refractivity contribution in [2.24, 2.45) is 5.41 Å². The highest BCUT2D eigenvalue weighted by molar-refractivity contribution is 6.37. The van der Waals surface area contributed by atoms with Gasteiger partial charge in [-0.05, 0) is 17.5 Å². The highest BCUT2D eigenvalue weighted by Gasteiger charge is 2.13. The summed E-state index contributed by atoms with van der Waals surface area (Å²) in [5.74, 6) is 0.575. The zero-order chi connectivity index (χ0) is 10.8. The van der Waals surface area contributed by atoms with Crippen LogP contribution in [0.25, 0.3) is 0 Å². The van der Waals surface area contributed by atoms with Crippen molar-refractivity contribution in [3.05, 3.63) is 28.2 Å². The number of hydrogen-bond donors (Lipinski definition) is 0. The van der Waals surface area contributed by atoms with Crippen molar-refractivity contribution in [3.8, 4) is 5.75 Å². The second-order valence-electron chi connectivity index (χ2n) is 4.40. The Bertz CT molecular complexity index is 295. The summed E-state index contributed by atoms with van der Waals surface area (Å²) in [6, 6.07) is 5.34. The molecule has 0 saturated carbocycles. The zero-order valence-electron chi connectivity index (χ0n) is 8.60. The summed E-state index contributed by atoms with van der Waals surface area (Å²) in [5, 5.41) is 1.11. The molecule has 0 aliphatic carbocycles. The van der Waals surface area contributed by atoms with E-state index in [1.807, 2.05) is 0 Å². The molecule has 0 amide bonds. The van der Waals surface area contributed by atoms with Gasteiger partial charge in [0.1, 0.15) is 0 Å². The fourth-order valence-electron chi connectivity index (χ4n) is 0.909. The molecule has 0 aliphatic rings. The van der Waals surface area contributed by atoms with E-state index in [1.54, 1.807) is 18.2 Å². The molecule has 1 aromatic carbocycles. The first-order valence-electron chi connectivity index (χ1n) is 4.47. The van der Waals surface area contributed by atoms with Crippen molar-refractivity contribution in [2.45, 2.75) is 20.8 Å². The molecule has 0 fully saturated rings. The summed E-state index contributed by atoms with van der Waals surface area (Å²) in [6.45, 7) is 6.88. The van der Waals surface area contributed by atoms with E-state index in [9.17, 15) is 0 Å². The molecule has 0 bridgehead atoms. The Balaban J connectivity index is 2.77. The molecule has 0 unspecified atom stereocenters. The molecule has 3 heteroatoms. The van der Waals surface area contributed by atoms with E-state index in [0.29, 0.717) is 22.4 Å². The molecule has 1 aromatic rings. The molecule has 0 radical (unpaired) electrons. The number of para-hydroxylation sites is 1. The van der Waals surface area contributed by atoms with Gasteiger partial charge in [-0.1, -0.05) is 50.0 Å². The number of benzene rings is 1. The largest absolute Gasteiger partial charge is 0.490 e. The van der Waals surface area contributed by atoms with Crippen LogP contribution in [0.15, 0.2) is 18.2 Å². The maximum atomic E-state index is 5.95. The Morgan fingerprint density at radius 2 is 1.64 bits per heavy atom. The normalized spacial score (nSPS) is 11.5. The molecule has 1 rings (SSSR count). The van der Waals surface area contributed by atoms with Crippen molar-refractivity contribution in [2.75, 3.05) is 6.61 Å². The average molecular weight is 233 g/mol. The van der Waals surface area contributed by atoms with Gasteiger partial charge < -0.3 is 4.74 Å². The molecular weight excluding hydrogens is 219 g/mol. The Morgan fingerprint density at radius 1 is 1.14 bits per heavy atom. The van der Waals surface area contributed by atoms with Gasteiger partial charge in [-0.2, -0.15) is 0 Å². The van der Waals surface area contributed by atoms with Crippen molar-refractivity contribution in [1.82, 2.24) is 0 Å². The number of halogens is 2. The lowest BCUT2D eigenvalue weighted by Crippen LogP contribution is -2.17. The van der Waals surface area contributed by atoms with Crippen molar-refractivity contribution < 1.29 is 4.74 Å². The van der Waals surface area contributed by atoms with Crippen LogP contribution in [0.5, 0.6) is 5.75 Å². The Labute approximate surface area is 95.0 Å². The predicted molar refractivity (Wildman–Crippen MR) is 61.4 cm³/mol. The number of hydrogen-bond acceptors (Lipinski definition) is 1. The number of ether oxygens (including phenoxy) is 1. The second-order valence-corrected chi connectivity index (χ2v) is 5.21. The monoisotopic (exact) mass is 232 g/mol. The Kier molecular flexibility index (Phi) is 3.68. The van der Waals surface area contributed by atoms with Gasteiger partial charge >= 0.3 is 0 Å². The first-order valence-corrected chi connectivity index (χ1v) is 5.22. The van der Waals surface area contributed by atoms with Crippen LogP contribution in [-0.4, -0.2) is 6.61 Å². The van der Waals surface area contributed by atoms with E-state index in [2.05, 4.69) is 20.8 Å². The van der Waals surface area contributed by atoms with Gasteiger partial charge in [0.05, 0.1) is 16.7 Å². The standard InChI is InChI=1S/C11H14Cl2O/c1-11(2,3)7-14-10-8(12)5-4-6-9(10)13/h4-6H,7H2,1-3H3. The van der Waals surface area contributed by atoms with Crippen molar-refractivity contribution in [1.29, 1.82) is 0 Å². The lowest BCUT2D eigenvalue weighted by atomic mass is 9.99. The third-order valence-electron chi connectivity index (χ3n) is 1.57. The highest BCUT2D eigenvalue weighted by Crippen LogP contribution is 2.33. The van der Waals surface area contributed by atoms with Crippen LogP contribution < -0.4 is 4.74 Å². The first kappa shape index (κ1) is 11.7. The summed E-state index contributed by atoms with van der Waals surface area (Å²) in [6.07, 6.45) is 0. The third kappa shape index (κ3) is 3.39. The van der Waals surface area contributed by atoms with Crippen LogP contribution in [0.1, 0.15) is 20.8 Å². The van der Waals surface area contributed by atoms with Gasteiger partial charge in [0, 0.05) is 0 Å². The topological polar surface area (TPSA) is 9.23 Å². The van der Waals surface area contributed by atoms with Crippen LogP contribution in [0.3, 0.4) is 0 Å². The van der Waals surface area contributed by atoms with Gasteiger partial charge in [0.25, 0.3) is 0 Å². The molecule has 78 valence electrons. The fourth-order valence-corrected chi connectivity index (χ4v) is 1.42. The Morgan fingerprint density at radius 3 is 2.07 bits per heavy atom. The Hall–Kier alpha value is -0.400. The summed E-state index contributed by atoms with van der Waals surface area (Å²) in [7, 11) is 0. The molecule has 0 heterocycles. The van der Waals surface area contributed by atoms with Crippen LogP contribution in [0.4, 0.5) is 0 Å². The van der Waals surface area contributed by atoms with Gasteiger partial charge in [-0.25, -0.2) is 0 Å². The highest BCUT2D eigenvalue weighted by atomic mass is 35.5. The van der Waals surface area contributed by atoms with E-state index in [0.717, 1.165) is 0 Å². The molecule has 0 saturated heterocycles. The SMILES string of the molecule is CC(C)(C)COc1c(Cl)cccc1Cl. The summed E-state index contributed by atoms with van der Waals surface area (Å²) in [4.78, 5) is 0. The average Bonchev–Trinajstić information content (AvgIpc) is 2.01. The molecule has 0 spiro atoms. The minimum atomic E-state index is 0.0997. The third-order valence-corrected chi connectivity index (χ3v) is 2.16. The van der Waals surface area contributed by atoms with Crippen molar-refractivity contribution in [3.63, 3.8) is 0 Å². The van der Waals surface area contributed by atoms with Crippen LogP contribution in [-0.2, 0) is 0 Å². The van der Waals surface area contributed by atoms with Crippen LogP contribution >= 0.6 is 23.2 Å². The minimum Gasteiger partial charge on any atom is -0.490 e. The molecule has 1 nitrogen and oxygen atoms in total. The molecule has 14 heavy (non-hydrogen) atoms. The molecule has 0 N–H and O–H groups in total. The quantitative estimate of drug-likeness (QED) is 0.734. The maximum Gasteiger partial charge on any atom is 0.156 e. The van der Waals surface area contributed by atoms with Gasteiger partial charge in [0.2, 0.25) is 0 Å². The lowest BCUT2D eigenvalue weighted by molar-refractivity contribution is 0.198. The van der Waals surface area contributed by atoms with Crippen LogP contribution in [0, 0.1) is 5.41 Å². The van der Waals surface area contributed by atoms with E-state index in [1.165, 1.54) is 0 Å². The smallest absolute Gasteiger partial charge is 0.156 e. The van der Waals surface area contributed by atoms with Crippen molar-refractivity contribution >= 4 is 23.2 Å². The zero-order valence-corrected chi connectivity index (χ0v) is 10.1. The van der Waals surface area contributed by atoms with E-state index in [-0.39, 0.29) is 5.41 Å². The fraction of sp³-hybridized carbons (Fsp3) is 0.455.